The molecule has 2 aromatic rings. The summed E-state index contributed by atoms with van der Waals surface area (Å²) < 4.78 is 10.1. The minimum absolute atomic E-state index is 0.157. The van der Waals surface area contributed by atoms with Gasteiger partial charge < -0.3 is 19.5 Å². The van der Waals surface area contributed by atoms with E-state index >= 15 is 0 Å². The van der Waals surface area contributed by atoms with Crippen LogP contribution in [-0.4, -0.2) is 30.8 Å². The molecule has 1 aliphatic heterocycles. The first-order valence-electron chi connectivity index (χ1n) is 7.72. The summed E-state index contributed by atoms with van der Waals surface area (Å²) >= 11 is 0. The van der Waals surface area contributed by atoms with Gasteiger partial charge in [0.05, 0.1) is 11.4 Å². The molecule has 6 heteroatoms. The predicted octanol–water partition coefficient (Wildman–Crippen LogP) is 2.92. The number of anilines is 2. The zero-order valence-electron chi connectivity index (χ0n) is 13.6. The fourth-order valence-corrected chi connectivity index (χ4v) is 2.70. The van der Waals surface area contributed by atoms with Crippen molar-refractivity contribution in [3.05, 3.63) is 41.8 Å². The molecular formula is C17H21N3O3. The number of carbonyl (C=O) groups excluding carboxylic acids is 1. The lowest BCUT2D eigenvalue weighted by Crippen LogP contribution is -2.47. The molecule has 0 aliphatic carbocycles. The lowest BCUT2D eigenvalue weighted by atomic mass is 9.99. The van der Waals surface area contributed by atoms with Gasteiger partial charge in [-0.25, -0.2) is 0 Å². The van der Waals surface area contributed by atoms with Gasteiger partial charge in [-0.05, 0) is 18.1 Å². The summed E-state index contributed by atoms with van der Waals surface area (Å²) in [6, 6.07) is 9.65. The third-order valence-electron chi connectivity index (χ3n) is 4.03. The Morgan fingerprint density at radius 2 is 2.26 bits per heavy atom. The highest BCUT2D eigenvalue weighted by Crippen LogP contribution is 2.33. The molecule has 1 aromatic heterocycles. The monoisotopic (exact) mass is 315 g/mol. The molecule has 0 radical (unpaired) electrons. The van der Waals surface area contributed by atoms with Crippen molar-refractivity contribution in [2.45, 2.75) is 26.5 Å². The van der Waals surface area contributed by atoms with E-state index in [4.69, 9.17) is 9.26 Å². The Morgan fingerprint density at radius 1 is 1.48 bits per heavy atom. The molecule has 122 valence electrons. The molecule has 23 heavy (non-hydrogen) atoms. The second-order valence-corrected chi connectivity index (χ2v) is 6.04. The largest absolute Gasteiger partial charge is 0.379 e. The highest BCUT2D eigenvalue weighted by atomic mass is 16.5. The average molecular weight is 315 g/mol. The van der Waals surface area contributed by atoms with Crippen molar-refractivity contribution >= 4 is 17.3 Å². The Morgan fingerprint density at radius 3 is 3.00 bits per heavy atom. The number of aromatic nitrogens is 1. The number of amides is 1. The molecule has 1 atom stereocenters. The van der Waals surface area contributed by atoms with Crippen LogP contribution in [0.5, 0.6) is 0 Å². The molecule has 0 bridgehead atoms. The maximum Gasteiger partial charge on any atom is 0.280 e. The summed E-state index contributed by atoms with van der Waals surface area (Å²) in [4.78, 5) is 14.7. The second kappa shape index (κ2) is 6.42. The fraction of sp³-hybridized carbons (Fsp3) is 0.412. The molecule has 3 rings (SSSR count). The molecule has 6 nitrogen and oxygen atoms in total. The summed E-state index contributed by atoms with van der Waals surface area (Å²) in [6.07, 6.45) is 0. The zero-order valence-corrected chi connectivity index (χ0v) is 13.6. The summed E-state index contributed by atoms with van der Waals surface area (Å²) in [5, 5.41) is 7.39. The van der Waals surface area contributed by atoms with Gasteiger partial charge in [0.1, 0.15) is 6.61 Å². The van der Waals surface area contributed by atoms with E-state index in [1.54, 1.807) is 18.1 Å². The van der Waals surface area contributed by atoms with Crippen molar-refractivity contribution in [2.75, 3.05) is 23.9 Å². The van der Waals surface area contributed by atoms with E-state index in [2.05, 4.69) is 24.3 Å². The second-order valence-electron chi connectivity index (χ2n) is 6.04. The Hall–Kier alpha value is -2.34. The van der Waals surface area contributed by atoms with E-state index in [0.29, 0.717) is 30.5 Å². The average Bonchev–Trinajstić information content (AvgIpc) is 3.02. The van der Waals surface area contributed by atoms with Crippen LogP contribution in [0.2, 0.25) is 0 Å². The molecule has 1 aromatic carbocycles. The summed E-state index contributed by atoms with van der Waals surface area (Å²) in [5.74, 6) is 0.787. The number of hydrogen-bond acceptors (Lipinski definition) is 5. The maximum atomic E-state index is 12.9. The van der Waals surface area contributed by atoms with E-state index < -0.39 is 0 Å². The number of nitrogens with zero attached hydrogens (tertiary/aromatic N) is 2. The summed E-state index contributed by atoms with van der Waals surface area (Å²) in [5.41, 5.74) is 2.13. The number of carbonyl (C=O) groups is 1. The van der Waals surface area contributed by atoms with Crippen LogP contribution in [0.25, 0.3) is 0 Å². The molecule has 0 spiro atoms. The molecule has 2 heterocycles. The number of ether oxygens (including phenoxy) is 1. The smallest absolute Gasteiger partial charge is 0.280 e. The van der Waals surface area contributed by atoms with E-state index in [1.165, 1.54) is 0 Å². The standard InChI is InChI=1S/C17H21N3O3/c1-11(2)15-9-20(16-7-5-4-6-13(16)18-15)17(21)14-8-12(10-22-3)23-19-14/h4-8,11,15,18H,9-10H2,1-3H3/t15-/m1/s1. The van der Waals surface area contributed by atoms with Gasteiger partial charge in [-0.1, -0.05) is 31.1 Å². The number of methoxy groups -OCH3 is 1. The first-order chi connectivity index (χ1) is 11.1. The number of hydrogen-bond donors (Lipinski definition) is 1. The molecule has 0 unspecified atom stereocenters. The predicted molar refractivity (Wildman–Crippen MR) is 87.6 cm³/mol. The molecule has 1 aliphatic rings. The Kier molecular flexibility index (Phi) is 4.34. The SMILES string of the molecule is COCc1cc(C(=O)N2C[C@H](C(C)C)Nc3ccccc32)no1. The highest BCUT2D eigenvalue weighted by Gasteiger charge is 2.31. The minimum Gasteiger partial charge on any atom is -0.379 e. The van der Waals surface area contributed by atoms with Gasteiger partial charge in [0, 0.05) is 25.8 Å². The van der Waals surface area contributed by atoms with Crippen molar-refractivity contribution in [1.29, 1.82) is 0 Å². The van der Waals surface area contributed by atoms with Gasteiger partial charge in [-0.15, -0.1) is 0 Å². The van der Waals surface area contributed by atoms with Crippen LogP contribution in [0.4, 0.5) is 11.4 Å². The number of nitrogens with one attached hydrogen (secondary N) is 1. The topological polar surface area (TPSA) is 67.6 Å². The quantitative estimate of drug-likeness (QED) is 0.939. The Labute approximate surface area is 135 Å². The van der Waals surface area contributed by atoms with Gasteiger partial charge in [-0.3, -0.25) is 4.79 Å². The lowest BCUT2D eigenvalue weighted by molar-refractivity contribution is 0.0974. The van der Waals surface area contributed by atoms with Gasteiger partial charge in [0.2, 0.25) is 0 Å². The van der Waals surface area contributed by atoms with Gasteiger partial charge in [-0.2, -0.15) is 0 Å². The first kappa shape index (κ1) is 15.6. The van der Waals surface area contributed by atoms with Crippen molar-refractivity contribution in [3.8, 4) is 0 Å². The van der Waals surface area contributed by atoms with E-state index in [9.17, 15) is 4.79 Å². The van der Waals surface area contributed by atoms with Crippen molar-refractivity contribution in [1.82, 2.24) is 5.16 Å². The normalized spacial score (nSPS) is 17.0. The molecule has 0 saturated heterocycles. The third kappa shape index (κ3) is 3.07. The van der Waals surface area contributed by atoms with Crippen molar-refractivity contribution in [2.24, 2.45) is 5.92 Å². The van der Waals surface area contributed by atoms with Gasteiger partial charge >= 0.3 is 0 Å². The number of rotatable bonds is 4. The third-order valence-corrected chi connectivity index (χ3v) is 4.03. The Bertz CT molecular complexity index is 696. The first-order valence-corrected chi connectivity index (χ1v) is 7.72. The number of fused-ring (bicyclic) bond motifs is 1. The lowest BCUT2D eigenvalue weighted by Gasteiger charge is -2.37. The van der Waals surface area contributed by atoms with Crippen LogP contribution in [-0.2, 0) is 11.3 Å². The van der Waals surface area contributed by atoms with Crippen LogP contribution in [0.1, 0.15) is 30.1 Å². The molecule has 0 fully saturated rings. The zero-order chi connectivity index (χ0) is 16.4. The molecule has 1 amide bonds. The Balaban J connectivity index is 1.91. The van der Waals surface area contributed by atoms with E-state index in [1.807, 2.05) is 24.3 Å². The minimum atomic E-state index is -0.157. The molecular weight excluding hydrogens is 294 g/mol. The van der Waals surface area contributed by atoms with Gasteiger partial charge in [0.25, 0.3) is 5.91 Å². The molecule has 0 saturated carbocycles. The van der Waals surface area contributed by atoms with E-state index in [-0.39, 0.29) is 11.9 Å². The highest BCUT2D eigenvalue weighted by molar-refractivity contribution is 6.07. The van der Waals surface area contributed by atoms with Crippen LogP contribution in [0.3, 0.4) is 0 Å². The van der Waals surface area contributed by atoms with Gasteiger partial charge in [0.15, 0.2) is 11.5 Å². The van der Waals surface area contributed by atoms with Crippen LogP contribution >= 0.6 is 0 Å². The number of para-hydroxylation sites is 2. The maximum absolute atomic E-state index is 12.9. The van der Waals surface area contributed by atoms with Crippen molar-refractivity contribution < 1.29 is 14.1 Å². The van der Waals surface area contributed by atoms with E-state index in [0.717, 1.165) is 11.4 Å². The molecule has 1 N–H and O–H groups in total. The summed E-state index contributed by atoms with van der Waals surface area (Å²) in [6.45, 7) is 5.18. The summed E-state index contributed by atoms with van der Waals surface area (Å²) in [7, 11) is 1.57. The van der Waals surface area contributed by atoms with Crippen LogP contribution < -0.4 is 10.2 Å². The van der Waals surface area contributed by atoms with Crippen LogP contribution in [0.15, 0.2) is 34.9 Å². The van der Waals surface area contributed by atoms with Crippen molar-refractivity contribution in [3.63, 3.8) is 0 Å². The van der Waals surface area contributed by atoms with Crippen LogP contribution in [0, 0.1) is 5.92 Å². The fourth-order valence-electron chi connectivity index (χ4n) is 2.70. The number of benzene rings is 1.